The van der Waals surface area contributed by atoms with Crippen molar-refractivity contribution in [1.82, 2.24) is 19.7 Å². The summed E-state index contributed by atoms with van der Waals surface area (Å²) in [6, 6.07) is 11.6. The average Bonchev–Trinajstić information content (AvgIpc) is 3.22. The molecule has 130 valence electrons. The van der Waals surface area contributed by atoms with E-state index >= 15 is 0 Å². The fourth-order valence-corrected chi connectivity index (χ4v) is 2.64. The van der Waals surface area contributed by atoms with E-state index < -0.39 is 0 Å². The summed E-state index contributed by atoms with van der Waals surface area (Å²) < 4.78 is 16.7. The first-order chi connectivity index (χ1) is 12.1. The Balaban J connectivity index is 2.01. The lowest BCUT2D eigenvalue weighted by molar-refractivity contribution is 0.0945. The van der Waals surface area contributed by atoms with Crippen molar-refractivity contribution in [2.24, 2.45) is 7.05 Å². The Hall–Kier alpha value is -2.89. The highest BCUT2D eigenvalue weighted by atomic mass is 19.1. The number of aromatic nitrogens is 3. The van der Waals surface area contributed by atoms with E-state index in [1.807, 2.05) is 29.9 Å². The first-order valence-electron chi connectivity index (χ1n) is 8.36. The van der Waals surface area contributed by atoms with Gasteiger partial charge in [-0.15, -0.1) is 0 Å². The van der Waals surface area contributed by atoms with E-state index in [4.69, 9.17) is 0 Å². The van der Waals surface area contributed by atoms with Gasteiger partial charge in [-0.1, -0.05) is 13.3 Å². The van der Waals surface area contributed by atoms with Gasteiger partial charge < -0.3 is 9.88 Å². The van der Waals surface area contributed by atoms with Gasteiger partial charge in [-0.25, -0.2) is 9.07 Å². The molecule has 0 aliphatic heterocycles. The lowest BCUT2D eigenvalue weighted by atomic mass is 10.2. The minimum absolute atomic E-state index is 0.189. The summed E-state index contributed by atoms with van der Waals surface area (Å²) in [5.41, 5.74) is 2.67. The summed E-state index contributed by atoms with van der Waals surface area (Å²) in [5.74, 6) is -0.516. The van der Waals surface area contributed by atoms with E-state index in [9.17, 15) is 9.18 Å². The number of nitrogens with zero attached hydrogens (tertiary/aromatic N) is 3. The number of carbonyl (C=O) groups is 1. The highest BCUT2D eigenvalue weighted by Gasteiger charge is 2.18. The Kier molecular flexibility index (Phi) is 4.97. The van der Waals surface area contributed by atoms with Gasteiger partial charge in [-0.3, -0.25) is 4.79 Å². The monoisotopic (exact) mass is 340 g/mol. The maximum absolute atomic E-state index is 13.2. The first kappa shape index (κ1) is 17.0. The summed E-state index contributed by atoms with van der Waals surface area (Å²) in [6.45, 7) is 2.69. The van der Waals surface area contributed by atoms with Crippen LogP contribution < -0.4 is 5.32 Å². The number of hydrogen-bond acceptors (Lipinski definition) is 2. The molecular weight excluding hydrogens is 319 g/mol. The molecule has 0 spiro atoms. The molecule has 2 heterocycles. The second-order valence-corrected chi connectivity index (χ2v) is 5.92. The zero-order valence-corrected chi connectivity index (χ0v) is 14.4. The zero-order valence-electron chi connectivity index (χ0n) is 14.4. The summed E-state index contributed by atoms with van der Waals surface area (Å²) in [5, 5.41) is 7.49. The van der Waals surface area contributed by atoms with Gasteiger partial charge >= 0.3 is 0 Å². The van der Waals surface area contributed by atoms with Gasteiger partial charge in [-0.05, 0) is 48.9 Å². The fraction of sp³-hybridized carbons (Fsp3) is 0.263. The third kappa shape index (κ3) is 3.63. The number of aryl methyl sites for hydroxylation is 1. The van der Waals surface area contributed by atoms with Crippen molar-refractivity contribution in [3.63, 3.8) is 0 Å². The lowest BCUT2D eigenvalue weighted by Crippen LogP contribution is -2.26. The predicted molar refractivity (Wildman–Crippen MR) is 95.2 cm³/mol. The van der Waals surface area contributed by atoms with Crippen LogP contribution in [0.25, 0.3) is 17.1 Å². The van der Waals surface area contributed by atoms with Crippen molar-refractivity contribution in [2.45, 2.75) is 19.8 Å². The van der Waals surface area contributed by atoms with E-state index in [1.165, 1.54) is 12.1 Å². The number of nitrogens with one attached hydrogen (secondary N) is 1. The maximum Gasteiger partial charge on any atom is 0.270 e. The van der Waals surface area contributed by atoms with E-state index in [1.54, 1.807) is 22.9 Å². The number of benzene rings is 1. The van der Waals surface area contributed by atoms with Crippen LogP contribution in [0.2, 0.25) is 0 Å². The molecule has 3 aromatic rings. The number of hydrogen-bond donors (Lipinski definition) is 1. The zero-order chi connectivity index (χ0) is 17.8. The molecule has 0 aliphatic carbocycles. The van der Waals surface area contributed by atoms with E-state index in [-0.39, 0.29) is 11.7 Å². The molecule has 25 heavy (non-hydrogen) atoms. The van der Waals surface area contributed by atoms with Crippen LogP contribution in [-0.2, 0) is 7.05 Å². The lowest BCUT2D eigenvalue weighted by Gasteiger charge is -2.08. The van der Waals surface area contributed by atoms with Gasteiger partial charge in [0.25, 0.3) is 5.91 Å². The number of amides is 1. The van der Waals surface area contributed by atoms with E-state index in [0.717, 1.165) is 18.5 Å². The second-order valence-electron chi connectivity index (χ2n) is 5.92. The molecule has 0 radical (unpaired) electrons. The molecule has 1 amide bonds. The average molecular weight is 340 g/mol. The fourth-order valence-electron chi connectivity index (χ4n) is 2.64. The Bertz CT molecular complexity index is 864. The number of halogens is 1. The third-order valence-electron chi connectivity index (χ3n) is 4.04. The number of carbonyl (C=O) groups excluding carboxylic acids is 1. The highest BCUT2D eigenvalue weighted by Crippen LogP contribution is 2.22. The molecular formula is C19H21FN4O. The van der Waals surface area contributed by atoms with Crippen molar-refractivity contribution < 1.29 is 9.18 Å². The molecule has 0 saturated carbocycles. The highest BCUT2D eigenvalue weighted by molar-refractivity contribution is 5.94. The van der Waals surface area contributed by atoms with Crippen molar-refractivity contribution in [3.8, 4) is 17.1 Å². The molecule has 1 aromatic carbocycles. The van der Waals surface area contributed by atoms with Gasteiger partial charge in [0.05, 0.1) is 11.4 Å². The van der Waals surface area contributed by atoms with Gasteiger partial charge in [0.1, 0.15) is 17.2 Å². The van der Waals surface area contributed by atoms with Crippen LogP contribution in [0.5, 0.6) is 0 Å². The topological polar surface area (TPSA) is 51.9 Å². The predicted octanol–water partition coefficient (Wildman–Crippen LogP) is 3.55. The smallest absolute Gasteiger partial charge is 0.270 e. The SMILES string of the molecule is CCCCNC(=O)c1cc(-c2cccn2C)nn1-c1ccc(F)cc1. The minimum Gasteiger partial charge on any atom is -0.351 e. The Morgan fingerprint density at radius 1 is 1.24 bits per heavy atom. The summed E-state index contributed by atoms with van der Waals surface area (Å²) in [7, 11) is 1.92. The van der Waals surface area contributed by atoms with Crippen LogP contribution in [0.1, 0.15) is 30.3 Å². The molecule has 0 bridgehead atoms. The van der Waals surface area contributed by atoms with Crippen LogP contribution in [0.15, 0.2) is 48.7 Å². The van der Waals surface area contributed by atoms with Crippen LogP contribution in [-0.4, -0.2) is 26.8 Å². The van der Waals surface area contributed by atoms with Gasteiger partial charge in [-0.2, -0.15) is 5.10 Å². The second kappa shape index (κ2) is 7.34. The third-order valence-corrected chi connectivity index (χ3v) is 4.04. The van der Waals surface area contributed by atoms with Crippen LogP contribution in [0, 0.1) is 5.82 Å². The molecule has 0 saturated heterocycles. The summed E-state index contributed by atoms with van der Waals surface area (Å²) in [4.78, 5) is 12.6. The standard InChI is InChI=1S/C19H21FN4O/c1-3-4-11-21-19(25)18-13-16(17-6-5-12-23(17)2)22-24(18)15-9-7-14(20)8-10-15/h5-10,12-13H,3-4,11H2,1-2H3,(H,21,25). The summed E-state index contributed by atoms with van der Waals surface area (Å²) >= 11 is 0. The van der Waals surface area contributed by atoms with Crippen molar-refractivity contribution >= 4 is 5.91 Å². The molecule has 0 fully saturated rings. The molecule has 0 aliphatic rings. The number of rotatable bonds is 6. The first-order valence-corrected chi connectivity index (χ1v) is 8.36. The largest absolute Gasteiger partial charge is 0.351 e. The van der Waals surface area contributed by atoms with E-state index in [2.05, 4.69) is 17.3 Å². The Labute approximate surface area is 146 Å². The molecule has 0 unspecified atom stereocenters. The van der Waals surface area contributed by atoms with Gasteiger partial charge in [0.2, 0.25) is 0 Å². The normalized spacial score (nSPS) is 10.8. The molecule has 2 aromatic heterocycles. The molecule has 6 heteroatoms. The van der Waals surface area contributed by atoms with E-state index in [0.29, 0.717) is 23.6 Å². The molecule has 1 N–H and O–H groups in total. The van der Waals surface area contributed by atoms with Crippen LogP contribution in [0.4, 0.5) is 4.39 Å². The van der Waals surface area contributed by atoms with Crippen molar-refractivity contribution in [1.29, 1.82) is 0 Å². The van der Waals surface area contributed by atoms with Crippen molar-refractivity contribution in [2.75, 3.05) is 6.54 Å². The Morgan fingerprint density at radius 3 is 2.64 bits per heavy atom. The quantitative estimate of drug-likeness (QED) is 0.698. The minimum atomic E-state index is -0.326. The molecule has 0 atom stereocenters. The van der Waals surface area contributed by atoms with Crippen molar-refractivity contribution in [3.05, 3.63) is 60.2 Å². The molecule has 3 rings (SSSR count). The van der Waals surface area contributed by atoms with Crippen LogP contribution in [0.3, 0.4) is 0 Å². The van der Waals surface area contributed by atoms with Gasteiger partial charge in [0.15, 0.2) is 0 Å². The number of unbranched alkanes of at least 4 members (excludes halogenated alkanes) is 1. The molecule has 5 nitrogen and oxygen atoms in total. The van der Waals surface area contributed by atoms with Crippen LogP contribution >= 0.6 is 0 Å². The Morgan fingerprint density at radius 2 is 2.00 bits per heavy atom. The van der Waals surface area contributed by atoms with Gasteiger partial charge in [0, 0.05) is 19.8 Å². The maximum atomic E-state index is 13.2. The summed E-state index contributed by atoms with van der Waals surface area (Å²) in [6.07, 6.45) is 3.85.